The topological polar surface area (TPSA) is 90.5 Å². The average molecular weight is 474 g/mol. The number of hydrogen-bond acceptors (Lipinski definition) is 4. The molecule has 0 fully saturated rings. The number of nitrogens with one attached hydrogen (secondary N) is 3. The Labute approximate surface area is 203 Å². The van der Waals surface area contributed by atoms with Crippen molar-refractivity contribution < 1.29 is 19.1 Å². The molecule has 1 aliphatic rings. The van der Waals surface area contributed by atoms with Gasteiger partial charge in [-0.1, -0.05) is 37.3 Å². The Morgan fingerprint density at radius 2 is 1.86 bits per heavy atom. The molecule has 3 aromatic rings. The molecule has 0 radical (unpaired) electrons. The van der Waals surface area contributed by atoms with Gasteiger partial charge in [-0.3, -0.25) is 9.59 Å². The molecule has 0 spiro atoms. The molecule has 7 heteroatoms. The van der Waals surface area contributed by atoms with Gasteiger partial charge in [0.15, 0.2) is 0 Å². The predicted molar refractivity (Wildman–Crippen MR) is 136 cm³/mol. The van der Waals surface area contributed by atoms with Crippen molar-refractivity contribution in [3.8, 4) is 0 Å². The Hall–Kier alpha value is -3.97. The standard InChI is InChI=1S/C28H28FN3O3/c1-3-30-17(2)19-8-11-22(12-9-19)31-27(20-6-4-5-18(15-20)7-14-25(33)34)26-23-13-10-21(29)16-24(23)32-28(26)35/h4-6,8-13,15-17,30-31H,3,7,14H2,1-2H3,(H,32,35)(H,33,34). The molecule has 1 unspecified atom stereocenters. The zero-order valence-electron chi connectivity index (χ0n) is 19.7. The molecule has 3 aromatic carbocycles. The third kappa shape index (κ3) is 5.58. The van der Waals surface area contributed by atoms with E-state index in [1.165, 1.54) is 12.1 Å². The molecule has 4 rings (SSSR count). The van der Waals surface area contributed by atoms with Crippen LogP contribution < -0.4 is 16.0 Å². The first kappa shape index (κ1) is 24.2. The summed E-state index contributed by atoms with van der Waals surface area (Å²) in [6.07, 6.45) is 0.383. The number of rotatable bonds is 9. The summed E-state index contributed by atoms with van der Waals surface area (Å²) in [5.74, 6) is -1.63. The number of halogens is 1. The van der Waals surface area contributed by atoms with Gasteiger partial charge in [0.05, 0.1) is 17.0 Å². The van der Waals surface area contributed by atoms with Gasteiger partial charge in [-0.2, -0.15) is 0 Å². The van der Waals surface area contributed by atoms with Crippen LogP contribution in [0.25, 0.3) is 11.3 Å². The van der Waals surface area contributed by atoms with Gasteiger partial charge in [0.2, 0.25) is 0 Å². The number of aryl methyl sites for hydroxylation is 1. The number of carbonyl (C=O) groups excluding carboxylic acids is 1. The summed E-state index contributed by atoms with van der Waals surface area (Å²) in [6, 6.07) is 19.9. The molecular weight excluding hydrogens is 445 g/mol. The summed E-state index contributed by atoms with van der Waals surface area (Å²) < 4.78 is 13.8. The molecule has 4 N–H and O–H groups in total. The van der Waals surface area contributed by atoms with Crippen molar-refractivity contribution in [3.05, 3.63) is 94.8 Å². The number of fused-ring (bicyclic) bond motifs is 1. The smallest absolute Gasteiger partial charge is 0.303 e. The van der Waals surface area contributed by atoms with Crippen LogP contribution in [0.4, 0.5) is 15.8 Å². The monoisotopic (exact) mass is 473 g/mol. The van der Waals surface area contributed by atoms with Crippen molar-refractivity contribution in [1.29, 1.82) is 0 Å². The van der Waals surface area contributed by atoms with Gasteiger partial charge in [-0.15, -0.1) is 0 Å². The molecule has 1 heterocycles. The summed E-state index contributed by atoms with van der Waals surface area (Å²) in [4.78, 5) is 24.1. The van der Waals surface area contributed by atoms with Crippen LogP contribution in [0.1, 0.15) is 48.6 Å². The zero-order valence-corrected chi connectivity index (χ0v) is 19.7. The van der Waals surface area contributed by atoms with Gasteiger partial charge in [-0.05, 0) is 73.0 Å². The Balaban J connectivity index is 1.77. The summed E-state index contributed by atoms with van der Waals surface area (Å²) >= 11 is 0. The van der Waals surface area contributed by atoms with Crippen molar-refractivity contribution in [2.24, 2.45) is 0 Å². The Morgan fingerprint density at radius 1 is 1.09 bits per heavy atom. The first-order valence-electron chi connectivity index (χ1n) is 11.6. The highest BCUT2D eigenvalue weighted by Crippen LogP contribution is 2.38. The highest BCUT2D eigenvalue weighted by atomic mass is 19.1. The summed E-state index contributed by atoms with van der Waals surface area (Å²) in [6.45, 7) is 5.03. The van der Waals surface area contributed by atoms with E-state index >= 15 is 0 Å². The highest BCUT2D eigenvalue weighted by molar-refractivity contribution is 6.37. The molecule has 0 aromatic heterocycles. The van der Waals surface area contributed by atoms with E-state index in [9.17, 15) is 14.0 Å². The second-order valence-corrected chi connectivity index (χ2v) is 8.51. The van der Waals surface area contributed by atoms with Crippen molar-refractivity contribution in [2.75, 3.05) is 17.2 Å². The average Bonchev–Trinajstić information content (AvgIpc) is 3.16. The van der Waals surface area contributed by atoms with Gasteiger partial charge in [0.25, 0.3) is 5.91 Å². The van der Waals surface area contributed by atoms with E-state index in [4.69, 9.17) is 5.11 Å². The lowest BCUT2D eigenvalue weighted by Gasteiger charge is -2.17. The predicted octanol–water partition coefficient (Wildman–Crippen LogP) is 5.45. The lowest BCUT2D eigenvalue weighted by molar-refractivity contribution is -0.137. The second-order valence-electron chi connectivity index (χ2n) is 8.51. The fourth-order valence-electron chi connectivity index (χ4n) is 4.23. The molecule has 180 valence electrons. The maximum absolute atomic E-state index is 13.8. The quantitative estimate of drug-likeness (QED) is 0.311. The van der Waals surface area contributed by atoms with E-state index < -0.39 is 11.8 Å². The number of anilines is 2. The molecule has 35 heavy (non-hydrogen) atoms. The minimum absolute atomic E-state index is 0.0107. The first-order chi connectivity index (χ1) is 16.9. The molecule has 0 bridgehead atoms. The number of benzene rings is 3. The number of aliphatic carboxylic acids is 1. The number of carboxylic acid groups (broad SMARTS) is 1. The van der Waals surface area contributed by atoms with Crippen molar-refractivity contribution >= 4 is 34.5 Å². The fourth-order valence-corrected chi connectivity index (χ4v) is 4.23. The minimum atomic E-state index is -0.870. The SMILES string of the molecule is CCNC(C)c1ccc(NC(=C2C(=O)Nc3cc(F)ccc32)c2cccc(CCC(=O)O)c2)cc1. The van der Waals surface area contributed by atoms with E-state index in [1.54, 1.807) is 6.07 Å². The molecule has 1 amide bonds. The summed E-state index contributed by atoms with van der Waals surface area (Å²) in [5.41, 5.74) is 5.50. The third-order valence-electron chi connectivity index (χ3n) is 6.01. The van der Waals surface area contributed by atoms with Crippen LogP contribution in [0.15, 0.2) is 66.7 Å². The molecule has 0 saturated heterocycles. The Kier molecular flexibility index (Phi) is 7.27. The van der Waals surface area contributed by atoms with E-state index in [0.29, 0.717) is 28.9 Å². The molecule has 6 nitrogen and oxygen atoms in total. The maximum atomic E-state index is 13.8. The highest BCUT2D eigenvalue weighted by Gasteiger charge is 2.29. The van der Waals surface area contributed by atoms with E-state index in [1.807, 2.05) is 48.5 Å². The van der Waals surface area contributed by atoms with Crippen LogP contribution in [-0.2, 0) is 16.0 Å². The van der Waals surface area contributed by atoms with Crippen molar-refractivity contribution in [1.82, 2.24) is 5.32 Å². The fraction of sp³-hybridized carbons (Fsp3) is 0.214. The maximum Gasteiger partial charge on any atom is 0.303 e. The van der Waals surface area contributed by atoms with Gasteiger partial charge in [-0.25, -0.2) is 4.39 Å². The number of carbonyl (C=O) groups is 2. The Morgan fingerprint density at radius 3 is 2.57 bits per heavy atom. The minimum Gasteiger partial charge on any atom is -0.481 e. The van der Waals surface area contributed by atoms with E-state index in [2.05, 4.69) is 29.8 Å². The molecular formula is C28H28FN3O3. The third-order valence-corrected chi connectivity index (χ3v) is 6.01. The second kappa shape index (κ2) is 10.5. The van der Waals surface area contributed by atoms with Crippen LogP contribution in [0.2, 0.25) is 0 Å². The molecule has 0 aliphatic carbocycles. The number of hydrogen-bond donors (Lipinski definition) is 4. The van der Waals surface area contributed by atoms with Crippen LogP contribution >= 0.6 is 0 Å². The lowest BCUT2D eigenvalue weighted by Crippen LogP contribution is -2.17. The van der Waals surface area contributed by atoms with Gasteiger partial charge < -0.3 is 21.1 Å². The molecule has 1 atom stereocenters. The van der Waals surface area contributed by atoms with Crippen LogP contribution in [0.5, 0.6) is 0 Å². The number of amides is 1. The zero-order chi connectivity index (χ0) is 24.9. The normalized spacial score (nSPS) is 14.8. The van der Waals surface area contributed by atoms with Gasteiger partial charge >= 0.3 is 5.97 Å². The lowest BCUT2D eigenvalue weighted by atomic mass is 9.97. The van der Waals surface area contributed by atoms with E-state index in [0.717, 1.165) is 28.9 Å². The van der Waals surface area contributed by atoms with E-state index in [-0.39, 0.29) is 18.4 Å². The molecule has 0 saturated carbocycles. The summed E-state index contributed by atoms with van der Waals surface area (Å²) in [7, 11) is 0. The number of carboxylic acids is 1. The van der Waals surface area contributed by atoms with Crippen LogP contribution in [-0.4, -0.2) is 23.5 Å². The first-order valence-corrected chi connectivity index (χ1v) is 11.6. The van der Waals surface area contributed by atoms with Crippen LogP contribution in [0, 0.1) is 5.82 Å². The summed E-state index contributed by atoms with van der Waals surface area (Å²) in [5, 5.41) is 18.6. The van der Waals surface area contributed by atoms with Crippen molar-refractivity contribution in [3.63, 3.8) is 0 Å². The largest absolute Gasteiger partial charge is 0.481 e. The van der Waals surface area contributed by atoms with Crippen molar-refractivity contribution in [2.45, 2.75) is 32.7 Å². The Bertz CT molecular complexity index is 1280. The van der Waals surface area contributed by atoms with Crippen LogP contribution in [0.3, 0.4) is 0 Å². The van der Waals surface area contributed by atoms with Gasteiger partial charge in [0, 0.05) is 23.7 Å². The molecule has 1 aliphatic heterocycles. The van der Waals surface area contributed by atoms with Gasteiger partial charge in [0.1, 0.15) is 5.82 Å².